The molecule has 0 unspecified atom stereocenters. The summed E-state index contributed by atoms with van der Waals surface area (Å²) >= 11 is 6.60. The predicted octanol–water partition coefficient (Wildman–Crippen LogP) is 3.52. The third kappa shape index (κ3) is 3.42. The first-order valence-corrected chi connectivity index (χ1v) is 8.56. The van der Waals surface area contributed by atoms with Crippen LogP contribution in [0.2, 0.25) is 5.02 Å². The van der Waals surface area contributed by atoms with Crippen molar-refractivity contribution in [2.75, 3.05) is 0 Å². The fourth-order valence-electron chi connectivity index (χ4n) is 1.73. The molecule has 0 spiro atoms. The van der Waals surface area contributed by atoms with Gasteiger partial charge in [0.25, 0.3) is 0 Å². The lowest BCUT2D eigenvalue weighted by atomic mass is 10.3. The van der Waals surface area contributed by atoms with Gasteiger partial charge in [-0.25, -0.2) is 17.6 Å². The van der Waals surface area contributed by atoms with Crippen LogP contribution >= 0.6 is 22.9 Å². The van der Waals surface area contributed by atoms with Gasteiger partial charge in [0.05, 0.1) is 15.7 Å². The first-order valence-electron chi connectivity index (χ1n) is 5.71. The van der Waals surface area contributed by atoms with Gasteiger partial charge < -0.3 is 5.11 Å². The van der Waals surface area contributed by atoms with Gasteiger partial charge >= 0.3 is 5.97 Å². The van der Waals surface area contributed by atoms with Crippen LogP contribution < -0.4 is 0 Å². The van der Waals surface area contributed by atoms with E-state index in [0.717, 1.165) is 29.5 Å². The van der Waals surface area contributed by atoms with E-state index in [9.17, 15) is 17.6 Å². The maximum Gasteiger partial charge on any atom is 0.345 e. The summed E-state index contributed by atoms with van der Waals surface area (Å²) in [4.78, 5) is 11.5. The number of sulfone groups is 1. The van der Waals surface area contributed by atoms with Crippen LogP contribution in [0.3, 0.4) is 0 Å². The minimum atomic E-state index is -3.72. The molecule has 0 fully saturated rings. The van der Waals surface area contributed by atoms with E-state index in [2.05, 4.69) is 0 Å². The summed E-state index contributed by atoms with van der Waals surface area (Å²) < 4.78 is 37.6. The van der Waals surface area contributed by atoms with Crippen LogP contribution in [0.4, 0.5) is 4.39 Å². The fraction of sp³-hybridized carbons (Fsp3) is 0.154. The third-order valence-electron chi connectivity index (χ3n) is 2.83. The second-order valence-corrected chi connectivity index (χ2v) is 7.99. The maximum absolute atomic E-state index is 13.1. The second-order valence-electron chi connectivity index (χ2n) is 4.33. The minimum Gasteiger partial charge on any atom is -0.477 e. The summed E-state index contributed by atoms with van der Waals surface area (Å²) in [6.45, 7) is 1.65. The smallest absolute Gasteiger partial charge is 0.345 e. The molecular weight excluding hydrogens is 339 g/mol. The molecule has 0 saturated heterocycles. The highest BCUT2D eigenvalue weighted by Gasteiger charge is 2.20. The minimum absolute atomic E-state index is 0.0786. The van der Waals surface area contributed by atoms with E-state index < -0.39 is 21.6 Å². The van der Waals surface area contributed by atoms with E-state index >= 15 is 0 Å². The Morgan fingerprint density at radius 2 is 2.05 bits per heavy atom. The lowest BCUT2D eigenvalue weighted by Gasteiger charge is -2.05. The SMILES string of the molecule is Cc1sc(C(=O)O)cc1CS(=O)(=O)c1ccc(F)c(Cl)c1. The molecule has 0 amide bonds. The largest absolute Gasteiger partial charge is 0.477 e. The van der Waals surface area contributed by atoms with Crippen LogP contribution in [0.1, 0.15) is 20.1 Å². The van der Waals surface area contributed by atoms with Crippen LogP contribution in [0.25, 0.3) is 0 Å². The Balaban J connectivity index is 2.37. The number of carboxylic acid groups (broad SMARTS) is 1. The lowest BCUT2D eigenvalue weighted by Crippen LogP contribution is -2.05. The van der Waals surface area contributed by atoms with Crippen LogP contribution in [-0.4, -0.2) is 19.5 Å². The monoisotopic (exact) mass is 348 g/mol. The summed E-state index contributed by atoms with van der Waals surface area (Å²) in [6.07, 6.45) is 0. The summed E-state index contributed by atoms with van der Waals surface area (Å²) in [5.74, 6) is -2.16. The number of aromatic carboxylic acids is 1. The Kier molecular flexibility index (Phi) is 4.36. The molecule has 1 aromatic heterocycles. The van der Waals surface area contributed by atoms with Crippen LogP contribution in [0.5, 0.6) is 0 Å². The van der Waals surface area contributed by atoms with Gasteiger partial charge in [-0.05, 0) is 36.8 Å². The molecule has 4 nitrogen and oxygen atoms in total. The zero-order chi connectivity index (χ0) is 15.8. The molecule has 8 heteroatoms. The molecule has 0 atom stereocenters. The van der Waals surface area contributed by atoms with E-state index in [1.54, 1.807) is 6.92 Å². The molecule has 21 heavy (non-hydrogen) atoms. The Morgan fingerprint density at radius 3 is 2.57 bits per heavy atom. The molecule has 0 aliphatic heterocycles. The Bertz CT molecular complexity index is 812. The number of hydrogen-bond acceptors (Lipinski definition) is 4. The average Bonchev–Trinajstić information content (AvgIpc) is 2.74. The van der Waals surface area contributed by atoms with E-state index in [-0.39, 0.29) is 20.5 Å². The van der Waals surface area contributed by atoms with Crippen molar-refractivity contribution in [3.63, 3.8) is 0 Å². The molecule has 0 saturated carbocycles. The summed E-state index contributed by atoms with van der Waals surface area (Å²) in [5.41, 5.74) is 0.415. The summed E-state index contributed by atoms with van der Waals surface area (Å²) in [7, 11) is -3.72. The highest BCUT2D eigenvalue weighted by atomic mass is 35.5. The number of rotatable bonds is 4. The number of carbonyl (C=O) groups is 1. The van der Waals surface area contributed by atoms with Crippen molar-refractivity contribution in [1.29, 1.82) is 0 Å². The van der Waals surface area contributed by atoms with E-state index in [1.165, 1.54) is 6.07 Å². The molecule has 1 N–H and O–H groups in total. The number of carboxylic acids is 1. The van der Waals surface area contributed by atoms with Crippen LogP contribution in [-0.2, 0) is 15.6 Å². The normalized spacial score (nSPS) is 11.6. The van der Waals surface area contributed by atoms with Crippen molar-refractivity contribution in [1.82, 2.24) is 0 Å². The van der Waals surface area contributed by atoms with Crippen molar-refractivity contribution < 1.29 is 22.7 Å². The van der Waals surface area contributed by atoms with Crippen molar-refractivity contribution >= 4 is 38.7 Å². The molecule has 2 aromatic rings. The van der Waals surface area contributed by atoms with Gasteiger partial charge in [0.1, 0.15) is 10.7 Å². The average molecular weight is 349 g/mol. The van der Waals surface area contributed by atoms with Gasteiger partial charge in [0.15, 0.2) is 9.84 Å². The van der Waals surface area contributed by atoms with E-state index in [0.29, 0.717) is 10.4 Å². The zero-order valence-corrected chi connectivity index (χ0v) is 13.1. The Hall–Kier alpha value is -1.44. The number of halogens is 2. The Morgan fingerprint density at radius 1 is 1.38 bits per heavy atom. The molecule has 0 bridgehead atoms. The van der Waals surface area contributed by atoms with Crippen molar-refractivity contribution in [3.8, 4) is 0 Å². The first kappa shape index (κ1) is 15.9. The number of benzene rings is 1. The standard InChI is InChI=1S/C13H10ClFO4S2/c1-7-8(4-12(20-7)13(16)17)6-21(18,19)9-2-3-11(15)10(14)5-9/h2-5H,6H2,1H3,(H,16,17). The van der Waals surface area contributed by atoms with Gasteiger partial charge in [-0.3, -0.25) is 0 Å². The molecule has 112 valence electrons. The van der Waals surface area contributed by atoms with Gasteiger partial charge in [0.2, 0.25) is 0 Å². The number of thiophene rings is 1. The molecule has 2 rings (SSSR count). The summed E-state index contributed by atoms with van der Waals surface area (Å²) in [6, 6.07) is 4.51. The topological polar surface area (TPSA) is 71.4 Å². The lowest BCUT2D eigenvalue weighted by molar-refractivity contribution is 0.0702. The molecule has 0 radical (unpaired) electrons. The summed E-state index contributed by atoms with van der Waals surface area (Å²) in [5, 5.41) is 8.63. The highest BCUT2D eigenvalue weighted by Crippen LogP contribution is 2.27. The molecule has 1 heterocycles. The quantitative estimate of drug-likeness (QED) is 0.858. The number of aryl methyl sites for hydroxylation is 1. The van der Waals surface area contributed by atoms with E-state index in [1.807, 2.05) is 0 Å². The van der Waals surface area contributed by atoms with Crippen molar-refractivity contribution in [3.05, 3.63) is 50.4 Å². The van der Waals surface area contributed by atoms with Gasteiger partial charge in [-0.15, -0.1) is 11.3 Å². The van der Waals surface area contributed by atoms with Crippen molar-refractivity contribution in [2.45, 2.75) is 17.6 Å². The van der Waals surface area contributed by atoms with Crippen LogP contribution in [0, 0.1) is 12.7 Å². The first-order chi connectivity index (χ1) is 9.70. The fourth-order valence-corrected chi connectivity index (χ4v) is 4.39. The van der Waals surface area contributed by atoms with Crippen LogP contribution in [0.15, 0.2) is 29.2 Å². The zero-order valence-electron chi connectivity index (χ0n) is 10.8. The van der Waals surface area contributed by atoms with Crippen molar-refractivity contribution in [2.24, 2.45) is 0 Å². The predicted molar refractivity (Wildman–Crippen MR) is 78.3 cm³/mol. The third-order valence-corrected chi connectivity index (χ3v) is 5.86. The molecular formula is C13H10ClFO4S2. The number of hydrogen-bond donors (Lipinski definition) is 1. The molecule has 0 aliphatic rings. The molecule has 0 aliphatic carbocycles. The molecule has 1 aromatic carbocycles. The van der Waals surface area contributed by atoms with Gasteiger partial charge in [-0.2, -0.15) is 0 Å². The highest BCUT2D eigenvalue weighted by molar-refractivity contribution is 7.90. The Labute approximate surface area is 129 Å². The van der Waals surface area contributed by atoms with E-state index in [4.69, 9.17) is 16.7 Å². The van der Waals surface area contributed by atoms with Gasteiger partial charge in [0, 0.05) is 4.88 Å². The van der Waals surface area contributed by atoms with Gasteiger partial charge in [-0.1, -0.05) is 11.6 Å². The second kappa shape index (κ2) is 5.75. The maximum atomic E-state index is 13.1.